The van der Waals surface area contributed by atoms with Gasteiger partial charge >= 0.3 is 5.97 Å². The SMILES string of the molecule is O=C(O)CNC(=O)CNC(=O)c1ccc[nH]c1=S. The highest BCUT2D eigenvalue weighted by atomic mass is 32.1. The van der Waals surface area contributed by atoms with Crippen molar-refractivity contribution < 1.29 is 19.5 Å². The number of carboxylic acids is 1. The van der Waals surface area contributed by atoms with E-state index in [0.29, 0.717) is 0 Å². The quantitative estimate of drug-likeness (QED) is 0.547. The van der Waals surface area contributed by atoms with Crippen molar-refractivity contribution in [3.8, 4) is 0 Å². The number of hydrogen-bond acceptors (Lipinski definition) is 4. The summed E-state index contributed by atoms with van der Waals surface area (Å²) in [6.07, 6.45) is 1.58. The lowest BCUT2D eigenvalue weighted by atomic mass is 10.3. The zero-order valence-corrected chi connectivity index (χ0v) is 10.0. The topological polar surface area (TPSA) is 111 Å². The van der Waals surface area contributed by atoms with Gasteiger partial charge in [-0.2, -0.15) is 0 Å². The summed E-state index contributed by atoms with van der Waals surface area (Å²) in [5.74, 6) is -2.24. The summed E-state index contributed by atoms with van der Waals surface area (Å²) >= 11 is 4.90. The molecule has 0 saturated carbocycles. The molecule has 0 fully saturated rings. The number of pyridine rings is 1. The molecule has 0 radical (unpaired) electrons. The Morgan fingerprint density at radius 2 is 2.00 bits per heavy atom. The Morgan fingerprint density at radius 3 is 2.61 bits per heavy atom. The van der Waals surface area contributed by atoms with Gasteiger partial charge in [0, 0.05) is 6.20 Å². The molecule has 1 aromatic rings. The Bertz CT molecular complexity index is 526. The second kappa shape index (κ2) is 6.50. The maximum Gasteiger partial charge on any atom is 0.322 e. The normalized spacial score (nSPS) is 9.56. The average molecular weight is 269 g/mol. The van der Waals surface area contributed by atoms with E-state index in [1.807, 2.05) is 0 Å². The van der Waals surface area contributed by atoms with Crippen molar-refractivity contribution in [2.75, 3.05) is 13.1 Å². The fourth-order valence-corrected chi connectivity index (χ4v) is 1.32. The second-order valence-electron chi connectivity index (χ2n) is 3.27. The van der Waals surface area contributed by atoms with Crippen LogP contribution < -0.4 is 10.6 Å². The number of amides is 2. The number of H-pyrrole nitrogens is 1. The molecule has 0 bridgehead atoms. The van der Waals surface area contributed by atoms with Crippen molar-refractivity contribution in [2.24, 2.45) is 0 Å². The van der Waals surface area contributed by atoms with E-state index in [0.717, 1.165) is 0 Å². The van der Waals surface area contributed by atoms with Gasteiger partial charge in [0.2, 0.25) is 5.91 Å². The van der Waals surface area contributed by atoms with Crippen molar-refractivity contribution in [3.63, 3.8) is 0 Å². The third kappa shape index (κ3) is 4.34. The predicted molar refractivity (Wildman–Crippen MR) is 64.6 cm³/mol. The Morgan fingerprint density at radius 1 is 1.28 bits per heavy atom. The van der Waals surface area contributed by atoms with E-state index in [1.165, 1.54) is 6.07 Å². The maximum absolute atomic E-state index is 11.6. The number of hydrogen-bond donors (Lipinski definition) is 4. The number of aromatic amines is 1. The molecule has 1 heterocycles. The molecule has 1 aromatic heterocycles. The molecule has 0 aromatic carbocycles. The van der Waals surface area contributed by atoms with Gasteiger partial charge in [0.05, 0.1) is 12.1 Å². The lowest BCUT2D eigenvalue weighted by Gasteiger charge is -2.05. The van der Waals surface area contributed by atoms with Crippen molar-refractivity contribution in [1.29, 1.82) is 0 Å². The van der Waals surface area contributed by atoms with Crippen LogP contribution in [0.3, 0.4) is 0 Å². The maximum atomic E-state index is 11.6. The van der Waals surface area contributed by atoms with E-state index in [2.05, 4.69) is 15.6 Å². The number of carboxylic acid groups (broad SMARTS) is 1. The van der Waals surface area contributed by atoms with E-state index in [1.54, 1.807) is 12.3 Å². The minimum atomic E-state index is -1.15. The molecule has 18 heavy (non-hydrogen) atoms. The van der Waals surface area contributed by atoms with Crippen LogP contribution in [0.2, 0.25) is 0 Å². The van der Waals surface area contributed by atoms with E-state index in [-0.39, 0.29) is 16.7 Å². The molecule has 4 N–H and O–H groups in total. The van der Waals surface area contributed by atoms with Gasteiger partial charge in [0.15, 0.2) is 0 Å². The zero-order chi connectivity index (χ0) is 13.5. The lowest BCUT2D eigenvalue weighted by Crippen LogP contribution is -2.39. The van der Waals surface area contributed by atoms with Crippen LogP contribution in [0.4, 0.5) is 0 Å². The number of rotatable bonds is 5. The molecule has 1 rings (SSSR count). The number of aliphatic carboxylic acids is 1. The third-order valence-electron chi connectivity index (χ3n) is 1.91. The molecule has 8 heteroatoms. The Kier molecular flexibility index (Phi) is 5.00. The van der Waals surface area contributed by atoms with Crippen LogP contribution in [0.5, 0.6) is 0 Å². The van der Waals surface area contributed by atoms with Crippen LogP contribution in [0.25, 0.3) is 0 Å². The summed E-state index contributed by atoms with van der Waals surface area (Å²) in [6.45, 7) is -0.796. The minimum Gasteiger partial charge on any atom is -0.480 e. The van der Waals surface area contributed by atoms with Crippen LogP contribution in [0.1, 0.15) is 10.4 Å². The van der Waals surface area contributed by atoms with Gasteiger partial charge in [-0.15, -0.1) is 0 Å². The first-order valence-corrected chi connectivity index (χ1v) is 5.36. The number of nitrogens with one attached hydrogen (secondary N) is 3. The summed E-state index contributed by atoms with van der Waals surface area (Å²) < 4.78 is 0.265. The average Bonchev–Trinajstić information content (AvgIpc) is 2.34. The number of aromatic nitrogens is 1. The standard InChI is InChI=1S/C10H11N3O4S/c14-7(12-5-8(15)16)4-13-9(17)6-2-1-3-11-10(6)18/h1-3H,4-5H2,(H,11,18)(H,12,14)(H,13,17)(H,15,16). The summed E-state index contributed by atoms with van der Waals surface area (Å²) in [4.78, 5) is 35.6. The van der Waals surface area contributed by atoms with E-state index >= 15 is 0 Å². The van der Waals surface area contributed by atoms with Crippen LogP contribution in [0, 0.1) is 4.64 Å². The lowest BCUT2D eigenvalue weighted by molar-refractivity contribution is -0.137. The molecular weight excluding hydrogens is 258 g/mol. The van der Waals surface area contributed by atoms with Crippen LogP contribution in [-0.4, -0.2) is 41.0 Å². The zero-order valence-electron chi connectivity index (χ0n) is 9.23. The largest absolute Gasteiger partial charge is 0.480 e. The monoisotopic (exact) mass is 269 g/mol. The molecular formula is C10H11N3O4S. The Balaban J connectivity index is 2.47. The number of carbonyl (C=O) groups excluding carboxylic acids is 2. The predicted octanol–water partition coefficient (Wildman–Crippen LogP) is -0.325. The smallest absolute Gasteiger partial charge is 0.322 e. The first kappa shape index (κ1) is 13.8. The first-order valence-electron chi connectivity index (χ1n) is 4.95. The van der Waals surface area contributed by atoms with Crippen molar-refractivity contribution >= 4 is 30.0 Å². The second-order valence-corrected chi connectivity index (χ2v) is 3.67. The molecule has 0 unspecified atom stereocenters. The molecule has 0 aliphatic rings. The fraction of sp³-hybridized carbons (Fsp3) is 0.200. The van der Waals surface area contributed by atoms with Gasteiger partial charge in [-0.3, -0.25) is 14.4 Å². The van der Waals surface area contributed by atoms with Crippen LogP contribution in [0.15, 0.2) is 18.3 Å². The molecule has 0 atom stereocenters. The number of carbonyl (C=O) groups is 3. The summed E-state index contributed by atoms with van der Waals surface area (Å²) in [5.41, 5.74) is 0.249. The van der Waals surface area contributed by atoms with Gasteiger partial charge in [-0.1, -0.05) is 12.2 Å². The molecule has 0 aliphatic heterocycles. The van der Waals surface area contributed by atoms with Crippen LogP contribution >= 0.6 is 12.2 Å². The van der Waals surface area contributed by atoms with E-state index in [9.17, 15) is 14.4 Å². The van der Waals surface area contributed by atoms with Crippen molar-refractivity contribution in [2.45, 2.75) is 0 Å². The van der Waals surface area contributed by atoms with Crippen molar-refractivity contribution in [1.82, 2.24) is 15.6 Å². The molecule has 0 aliphatic carbocycles. The summed E-state index contributed by atoms with van der Waals surface area (Å²) in [5, 5.41) is 12.8. The van der Waals surface area contributed by atoms with Gasteiger partial charge in [-0.25, -0.2) is 0 Å². The van der Waals surface area contributed by atoms with Gasteiger partial charge in [-0.05, 0) is 12.1 Å². The molecule has 0 spiro atoms. The Hall–Kier alpha value is -2.22. The highest BCUT2D eigenvalue weighted by molar-refractivity contribution is 7.71. The third-order valence-corrected chi connectivity index (χ3v) is 2.25. The van der Waals surface area contributed by atoms with Gasteiger partial charge in [0.25, 0.3) is 5.91 Å². The summed E-state index contributed by atoms with van der Waals surface area (Å²) in [6, 6.07) is 3.12. The van der Waals surface area contributed by atoms with Crippen molar-refractivity contribution in [3.05, 3.63) is 28.5 Å². The fourth-order valence-electron chi connectivity index (χ4n) is 1.09. The Labute approximate surface area is 107 Å². The summed E-state index contributed by atoms with van der Waals surface area (Å²) in [7, 11) is 0. The van der Waals surface area contributed by atoms with Crippen LogP contribution in [-0.2, 0) is 9.59 Å². The molecule has 0 saturated heterocycles. The molecule has 2 amide bonds. The molecule has 7 nitrogen and oxygen atoms in total. The van der Waals surface area contributed by atoms with E-state index < -0.39 is 24.3 Å². The highest BCUT2D eigenvalue weighted by Crippen LogP contribution is 1.98. The highest BCUT2D eigenvalue weighted by Gasteiger charge is 2.09. The van der Waals surface area contributed by atoms with E-state index in [4.69, 9.17) is 17.3 Å². The first-order chi connectivity index (χ1) is 8.50. The van der Waals surface area contributed by atoms with Gasteiger partial charge < -0.3 is 20.7 Å². The van der Waals surface area contributed by atoms with Gasteiger partial charge in [0.1, 0.15) is 11.2 Å². The molecule has 96 valence electrons. The minimum absolute atomic E-state index is 0.249.